The highest BCUT2D eigenvalue weighted by Gasteiger charge is 2.41. The van der Waals surface area contributed by atoms with E-state index in [1.54, 1.807) is 0 Å². The Hall–Kier alpha value is -2.27. The minimum absolute atomic E-state index is 0.0592. The number of aromatic nitrogens is 1. The Labute approximate surface area is 180 Å². The average molecular weight is 456 g/mol. The number of halogens is 3. The van der Waals surface area contributed by atoms with Crippen LogP contribution in [0.4, 0.5) is 24.0 Å². The standard InChI is InChI=1S/C20H23F3N4O3S/c1-24-17-12(7-11-5-3-2-4-6-11)10-26(17)19-25-18(28)14-8-13(20(21,22)23)9-15(27(29)30)16(14)31-19/h8-9,11-12,17,24H,2-7,10H2,1H3. The molecule has 2 aromatic rings. The van der Waals surface area contributed by atoms with Gasteiger partial charge in [-0.1, -0.05) is 43.4 Å². The second-order valence-electron chi connectivity index (χ2n) is 8.31. The smallest absolute Gasteiger partial charge is 0.332 e. The summed E-state index contributed by atoms with van der Waals surface area (Å²) >= 11 is 0.892. The summed E-state index contributed by atoms with van der Waals surface area (Å²) in [5.74, 6) is 1.05. The minimum atomic E-state index is -4.80. The van der Waals surface area contributed by atoms with Crippen molar-refractivity contribution in [2.75, 3.05) is 18.5 Å². The molecule has 1 aliphatic carbocycles. The number of fused-ring (bicyclic) bond motifs is 1. The van der Waals surface area contributed by atoms with Crippen LogP contribution in [0.1, 0.15) is 44.1 Å². The van der Waals surface area contributed by atoms with E-state index in [4.69, 9.17) is 0 Å². The molecule has 1 aromatic carbocycles. The van der Waals surface area contributed by atoms with E-state index in [9.17, 15) is 28.1 Å². The number of non-ortho nitro benzene ring substituents is 1. The van der Waals surface area contributed by atoms with Crippen LogP contribution in [-0.4, -0.2) is 29.7 Å². The topological polar surface area (TPSA) is 88.4 Å². The summed E-state index contributed by atoms with van der Waals surface area (Å²) in [7, 11) is 1.81. The number of nitrogens with zero attached hydrogens (tertiary/aromatic N) is 3. The second-order valence-corrected chi connectivity index (χ2v) is 9.29. The van der Waals surface area contributed by atoms with E-state index >= 15 is 0 Å². The van der Waals surface area contributed by atoms with Gasteiger partial charge in [-0.25, -0.2) is 0 Å². The van der Waals surface area contributed by atoms with Crippen LogP contribution in [0, 0.1) is 22.0 Å². The fourth-order valence-corrected chi connectivity index (χ4v) is 5.90. The Kier molecular flexibility index (Phi) is 5.91. The van der Waals surface area contributed by atoms with Gasteiger partial charge in [0.15, 0.2) is 5.13 Å². The molecular weight excluding hydrogens is 433 g/mol. The fourth-order valence-electron chi connectivity index (χ4n) is 4.79. The normalized spacial score (nSPS) is 22.5. The van der Waals surface area contributed by atoms with Gasteiger partial charge in [-0.05, 0) is 25.5 Å². The second kappa shape index (κ2) is 8.34. The zero-order valence-electron chi connectivity index (χ0n) is 16.9. The van der Waals surface area contributed by atoms with E-state index in [0.717, 1.165) is 17.8 Å². The van der Waals surface area contributed by atoms with Gasteiger partial charge in [0.05, 0.1) is 22.0 Å². The average Bonchev–Trinajstić information content (AvgIpc) is 2.70. The van der Waals surface area contributed by atoms with E-state index in [2.05, 4.69) is 10.3 Å². The van der Waals surface area contributed by atoms with Gasteiger partial charge in [0.2, 0.25) is 0 Å². The lowest BCUT2D eigenvalue weighted by atomic mass is 9.79. The Bertz CT molecular complexity index is 1050. The number of hydrogen-bond donors (Lipinski definition) is 1. The number of nitrogens with one attached hydrogen (secondary N) is 1. The molecule has 1 aliphatic heterocycles. The SMILES string of the molecule is CNC1C(CC2CCCCC2)CN1c1nc(=O)c2cc(C(F)(F)F)cc([N+](=O)[O-])c2s1. The van der Waals surface area contributed by atoms with Crippen LogP contribution in [-0.2, 0) is 6.18 Å². The molecule has 2 unspecified atom stereocenters. The molecule has 0 bridgehead atoms. The van der Waals surface area contributed by atoms with Crippen LogP contribution in [0.5, 0.6) is 0 Å². The fraction of sp³-hybridized carbons (Fsp3) is 0.600. The van der Waals surface area contributed by atoms with Crippen LogP contribution in [0.2, 0.25) is 0 Å². The lowest BCUT2D eigenvalue weighted by molar-refractivity contribution is -0.383. The van der Waals surface area contributed by atoms with Gasteiger partial charge in [-0.2, -0.15) is 18.2 Å². The number of alkyl halides is 3. The first kappa shape index (κ1) is 21.9. The highest BCUT2D eigenvalue weighted by molar-refractivity contribution is 7.22. The summed E-state index contributed by atoms with van der Waals surface area (Å²) in [6.45, 7) is 0.658. The zero-order chi connectivity index (χ0) is 22.3. The van der Waals surface area contributed by atoms with Gasteiger partial charge < -0.3 is 10.2 Å². The van der Waals surface area contributed by atoms with Crippen LogP contribution in [0.25, 0.3) is 10.1 Å². The highest BCUT2D eigenvalue weighted by atomic mass is 32.1. The molecule has 168 valence electrons. The Balaban J connectivity index is 1.66. The molecule has 1 saturated heterocycles. The van der Waals surface area contributed by atoms with E-state index in [-0.39, 0.29) is 16.3 Å². The van der Waals surface area contributed by atoms with E-state index in [0.29, 0.717) is 35.6 Å². The third kappa shape index (κ3) is 4.25. The van der Waals surface area contributed by atoms with Crippen LogP contribution in [0.15, 0.2) is 16.9 Å². The van der Waals surface area contributed by atoms with Crippen LogP contribution >= 0.6 is 11.3 Å². The van der Waals surface area contributed by atoms with Crippen molar-refractivity contribution in [1.29, 1.82) is 0 Å². The largest absolute Gasteiger partial charge is 0.416 e. The van der Waals surface area contributed by atoms with Gasteiger partial charge >= 0.3 is 6.18 Å². The number of rotatable bonds is 5. The van der Waals surface area contributed by atoms with Gasteiger partial charge in [-0.3, -0.25) is 14.9 Å². The Morgan fingerprint density at radius 2 is 2.00 bits per heavy atom. The summed E-state index contributed by atoms with van der Waals surface area (Å²) < 4.78 is 39.3. The highest BCUT2D eigenvalue weighted by Crippen LogP contribution is 2.42. The lowest BCUT2D eigenvalue weighted by Gasteiger charge is -2.49. The third-order valence-electron chi connectivity index (χ3n) is 6.33. The maximum absolute atomic E-state index is 13.1. The van der Waals surface area contributed by atoms with Crippen molar-refractivity contribution in [3.8, 4) is 0 Å². The van der Waals surface area contributed by atoms with E-state index < -0.39 is 27.9 Å². The van der Waals surface area contributed by atoms with Gasteiger partial charge in [0.1, 0.15) is 4.70 Å². The quantitative estimate of drug-likeness (QED) is 0.525. The molecule has 4 rings (SSSR count). The molecule has 31 heavy (non-hydrogen) atoms. The first-order chi connectivity index (χ1) is 14.7. The monoisotopic (exact) mass is 456 g/mol. The molecule has 0 radical (unpaired) electrons. The van der Waals surface area contributed by atoms with Crippen molar-refractivity contribution in [1.82, 2.24) is 10.3 Å². The molecule has 0 spiro atoms. The molecule has 2 fully saturated rings. The molecule has 2 atom stereocenters. The molecular formula is C20H23F3N4O3S. The maximum Gasteiger partial charge on any atom is 0.416 e. The van der Waals surface area contributed by atoms with Crippen molar-refractivity contribution in [3.05, 3.63) is 38.2 Å². The predicted octanol–water partition coefficient (Wildman–Crippen LogP) is 4.54. The molecule has 1 N–H and O–H groups in total. The number of nitro benzene ring substituents is 1. The van der Waals surface area contributed by atoms with Crippen molar-refractivity contribution >= 4 is 32.2 Å². The van der Waals surface area contributed by atoms with E-state index in [1.165, 1.54) is 32.1 Å². The van der Waals surface area contributed by atoms with Crippen molar-refractivity contribution in [2.45, 2.75) is 50.9 Å². The van der Waals surface area contributed by atoms with Gasteiger partial charge in [0.25, 0.3) is 11.2 Å². The van der Waals surface area contributed by atoms with Crippen molar-refractivity contribution in [3.63, 3.8) is 0 Å². The molecule has 1 aromatic heterocycles. The minimum Gasteiger partial charge on any atom is -0.332 e. The third-order valence-corrected chi connectivity index (χ3v) is 7.47. The molecule has 2 heterocycles. The summed E-state index contributed by atoms with van der Waals surface area (Å²) in [4.78, 5) is 29.0. The number of anilines is 1. The van der Waals surface area contributed by atoms with Crippen LogP contribution < -0.4 is 15.8 Å². The number of hydrogen-bond acceptors (Lipinski definition) is 7. The summed E-state index contributed by atoms with van der Waals surface area (Å²) in [6, 6.07) is 1.13. The van der Waals surface area contributed by atoms with Gasteiger partial charge in [-0.15, -0.1) is 0 Å². The number of benzene rings is 1. The van der Waals surface area contributed by atoms with Crippen molar-refractivity contribution in [2.24, 2.45) is 11.8 Å². The zero-order valence-corrected chi connectivity index (χ0v) is 17.8. The predicted molar refractivity (Wildman–Crippen MR) is 112 cm³/mol. The van der Waals surface area contributed by atoms with Crippen molar-refractivity contribution < 1.29 is 18.1 Å². The summed E-state index contributed by atoms with van der Waals surface area (Å²) in [6.07, 6.45) is 2.45. The van der Waals surface area contributed by atoms with E-state index in [1.807, 2.05) is 11.9 Å². The Morgan fingerprint density at radius 3 is 2.61 bits per heavy atom. The summed E-state index contributed by atoms with van der Waals surface area (Å²) in [5.41, 5.74) is -2.84. The van der Waals surface area contributed by atoms with Gasteiger partial charge in [0, 0.05) is 18.5 Å². The lowest BCUT2D eigenvalue weighted by Crippen LogP contribution is -2.63. The first-order valence-electron chi connectivity index (χ1n) is 10.3. The molecule has 2 aliphatic rings. The molecule has 0 amide bonds. The first-order valence-corrected chi connectivity index (χ1v) is 11.1. The maximum atomic E-state index is 13.1. The Morgan fingerprint density at radius 1 is 1.29 bits per heavy atom. The molecule has 1 saturated carbocycles. The number of nitro groups is 1. The molecule has 7 nitrogen and oxygen atoms in total. The summed E-state index contributed by atoms with van der Waals surface area (Å²) in [5, 5.41) is 14.6. The molecule has 11 heteroatoms. The van der Waals surface area contributed by atoms with Crippen LogP contribution in [0.3, 0.4) is 0 Å².